The van der Waals surface area contributed by atoms with Crippen molar-refractivity contribution in [3.8, 4) is 0 Å². The molecule has 5 heteroatoms. The van der Waals surface area contributed by atoms with Crippen molar-refractivity contribution in [2.75, 3.05) is 0 Å². The van der Waals surface area contributed by atoms with Crippen LogP contribution in [0.25, 0.3) is 0 Å². The van der Waals surface area contributed by atoms with Gasteiger partial charge in [0.1, 0.15) is 11.6 Å². The highest BCUT2D eigenvalue weighted by molar-refractivity contribution is 9.10. The highest BCUT2D eigenvalue weighted by atomic mass is 79.9. The molecule has 0 bridgehead atoms. The number of rotatable bonds is 4. The third kappa shape index (κ3) is 2.93. The molecule has 0 aliphatic rings. The van der Waals surface area contributed by atoms with Crippen molar-refractivity contribution in [2.45, 2.75) is 32.2 Å². The molecule has 1 aromatic heterocycles. The van der Waals surface area contributed by atoms with Crippen LogP contribution in [-0.2, 0) is 12.3 Å². The van der Waals surface area contributed by atoms with Crippen molar-refractivity contribution in [3.05, 3.63) is 46.0 Å². The predicted octanol–water partition coefficient (Wildman–Crippen LogP) is 3.95. The van der Waals surface area contributed by atoms with Crippen LogP contribution < -0.4 is 0 Å². The van der Waals surface area contributed by atoms with Gasteiger partial charge in [-0.25, -0.2) is 0 Å². The molecular formula is C13H15BrClN3. The third-order valence-electron chi connectivity index (χ3n) is 2.75. The average Bonchev–Trinajstić information content (AvgIpc) is 2.75. The fourth-order valence-electron chi connectivity index (χ4n) is 1.95. The van der Waals surface area contributed by atoms with Crippen molar-refractivity contribution in [1.82, 2.24) is 14.8 Å². The van der Waals surface area contributed by atoms with E-state index in [1.54, 1.807) is 0 Å². The van der Waals surface area contributed by atoms with Gasteiger partial charge in [0, 0.05) is 16.9 Å². The van der Waals surface area contributed by atoms with Gasteiger partial charge >= 0.3 is 0 Å². The number of benzene rings is 1. The van der Waals surface area contributed by atoms with Crippen LogP contribution in [0.3, 0.4) is 0 Å². The lowest BCUT2D eigenvalue weighted by Gasteiger charge is -2.13. The van der Waals surface area contributed by atoms with Gasteiger partial charge in [0.05, 0.1) is 5.88 Å². The van der Waals surface area contributed by atoms with E-state index in [0.717, 1.165) is 22.5 Å². The fraction of sp³-hybridized carbons (Fsp3) is 0.385. The average molecular weight is 329 g/mol. The molecule has 96 valence electrons. The molecule has 2 aromatic rings. The van der Waals surface area contributed by atoms with Crippen LogP contribution in [0.15, 0.2) is 28.7 Å². The highest BCUT2D eigenvalue weighted by Crippen LogP contribution is 2.18. The molecule has 2 rings (SSSR count). The first kappa shape index (κ1) is 13.6. The lowest BCUT2D eigenvalue weighted by Crippen LogP contribution is -2.10. The summed E-state index contributed by atoms with van der Waals surface area (Å²) >= 11 is 9.32. The summed E-state index contributed by atoms with van der Waals surface area (Å²) in [5.74, 6) is 2.19. The standard InChI is InChI=1S/C13H15BrClN3/c1-9(2)18-12(16-17-13(18)8-15)7-10-3-5-11(14)6-4-10/h3-6,9H,7-8H2,1-2H3. The van der Waals surface area contributed by atoms with Gasteiger partial charge in [-0.15, -0.1) is 21.8 Å². The molecule has 0 amide bonds. The van der Waals surface area contributed by atoms with Crippen LogP contribution >= 0.6 is 27.5 Å². The molecule has 0 radical (unpaired) electrons. The van der Waals surface area contributed by atoms with Crippen LogP contribution in [0.1, 0.15) is 37.1 Å². The first-order valence-corrected chi connectivity index (χ1v) is 7.17. The maximum Gasteiger partial charge on any atom is 0.148 e. The Bertz CT molecular complexity index is 520. The molecule has 0 fully saturated rings. The Kier molecular flexibility index (Phi) is 4.40. The largest absolute Gasteiger partial charge is 0.311 e. The predicted molar refractivity (Wildman–Crippen MR) is 76.9 cm³/mol. The van der Waals surface area contributed by atoms with Crippen molar-refractivity contribution < 1.29 is 0 Å². The van der Waals surface area contributed by atoms with Gasteiger partial charge in [-0.3, -0.25) is 0 Å². The second-order valence-corrected chi connectivity index (χ2v) is 5.62. The minimum absolute atomic E-state index is 0.319. The Hall–Kier alpha value is -0.870. The molecule has 3 nitrogen and oxygen atoms in total. The second kappa shape index (κ2) is 5.85. The molecule has 0 saturated heterocycles. The van der Waals surface area contributed by atoms with Crippen LogP contribution in [0, 0.1) is 0 Å². The summed E-state index contributed by atoms with van der Waals surface area (Å²) in [7, 11) is 0. The van der Waals surface area contributed by atoms with E-state index in [-0.39, 0.29) is 0 Å². The van der Waals surface area contributed by atoms with Gasteiger partial charge in [0.15, 0.2) is 0 Å². The number of halogens is 2. The van der Waals surface area contributed by atoms with E-state index in [0.29, 0.717) is 11.9 Å². The van der Waals surface area contributed by atoms with E-state index in [1.165, 1.54) is 5.56 Å². The van der Waals surface area contributed by atoms with Crippen molar-refractivity contribution in [3.63, 3.8) is 0 Å². The molecule has 1 heterocycles. The summed E-state index contributed by atoms with van der Waals surface area (Å²) in [6.07, 6.45) is 0.773. The van der Waals surface area contributed by atoms with Crippen molar-refractivity contribution >= 4 is 27.5 Å². The Balaban J connectivity index is 2.28. The van der Waals surface area contributed by atoms with Gasteiger partial charge in [-0.1, -0.05) is 28.1 Å². The van der Waals surface area contributed by atoms with Crippen LogP contribution in [0.4, 0.5) is 0 Å². The van der Waals surface area contributed by atoms with Gasteiger partial charge in [0.25, 0.3) is 0 Å². The van der Waals surface area contributed by atoms with E-state index in [1.807, 2.05) is 12.1 Å². The fourth-order valence-corrected chi connectivity index (χ4v) is 2.40. The monoisotopic (exact) mass is 327 g/mol. The number of hydrogen-bond donors (Lipinski definition) is 0. The van der Waals surface area contributed by atoms with Crippen molar-refractivity contribution in [2.24, 2.45) is 0 Å². The van der Waals surface area contributed by atoms with Crippen LogP contribution in [0.5, 0.6) is 0 Å². The van der Waals surface area contributed by atoms with Crippen LogP contribution in [-0.4, -0.2) is 14.8 Å². The number of aromatic nitrogens is 3. The first-order valence-electron chi connectivity index (χ1n) is 5.85. The van der Waals surface area contributed by atoms with Crippen molar-refractivity contribution in [1.29, 1.82) is 0 Å². The van der Waals surface area contributed by atoms with E-state index in [2.05, 4.69) is 56.7 Å². The summed E-state index contributed by atoms with van der Waals surface area (Å²) in [6, 6.07) is 8.56. The summed E-state index contributed by atoms with van der Waals surface area (Å²) in [6.45, 7) is 4.23. The summed E-state index contributed by atoms with van der Waals surface area (Å²) in [5.41, 5.74) is 1.22. The molecule has 0 N–H and O–H groups in total. The van der Waals surface area contributed by atoms with E-state index < -0.39 is 0 Å². The second-order valence-electron chi connectivity index (χ2n) is 4.43. The van der Waals surface area contributed by atoms with Gasteiger partial charge in [-0.05, 0) is 31.5 Å². The number of hydrogen-bond acceptors (Lipinski definition) is 2. The molecule has 0 atom stereocenters. The molecule has 18 heavy (non-hydrogen) atoms. The molecule has 0 spiro atoms. The zero-order chi connectivity index (χ0) is 13.1. The lowest BCUT2D eigenvalue weighted by atomic mass is 10.1. The Morgan fingerprint density at radius 3 is 2.33 bits per heavy atom. The van der Waals surface area contributed by atoms with Gasteiger partial charge in [0.2, 0.25) is 0 Å². The first-order chi connectivity index (χ1) is 8.61. The summed E-state index contributed by atoms with van der Waals surface area (Å²) < 4.78 is 3.19. The molecule has 0 unspecified atom stereocenters. The number of nitrogens with zero attached hydrogens (tertiary/aromatic N) is 3. The molecule has 0 aliphatic heterocycles. The zero-order valence-corrected chi connectivity index (χ0v) is 12.7. The lowest BCUT2D eigenvalue weighted by molar-refractivity contribution is 0.557. The highest BCUT2D eigenvalue weighted by Gasteiger charge is 2.14. The molecule has 0 aliphatic carbocycles. The Morgan fingerprint density at radius 2 is 1.78 bits per heavy atom. The minimum Gasteiger partial charge on any atom is -0.311 e. The van der Waals surface area contributed by atoms with Crippen LogP contribution in [0.2, 0.25) is 0 Å². The third-order valence-corrected chi connectivity index (χ3v) is 3.52. The zero-order valence-electron chi connectivity index (χ0n) is 10.4. The van der Waals surface area contributed by atoms with E-state index >= 15 is 0 Å². The molecular weight excluding hydrogens is 314 g/mol. The normalized spacial score (nSPS) is 11.2. The summed E-state index contributed by atoms with van der Waals surface area (Å²) in [5, 5.41) is 8.38. The van der Waals surface area contributed by atoms with Gasteiger partial charge in [-0.2, -0.15) is 0 Å². The maximum absolute atomic E-state index is 5.88. The number of alkyl halides is 1. The molecule has 0 saturated carbocycles. The Morgan fingerprint density at radius 1 is 1.17 bits per heavy atom. The molecule has 1 aromatic carbocycles. The SMILES string of the molecule is CC(C)n1c(CCl)nnc1Cc1ccc(Br)cc1. The Labute approximate surface area is 120 Å². The topological polar surface area (TPSA) is 30.7 Å². The van der Waals surface area contributed by atoms with Gasteiger partial charge < -0.3 is 4.57 Å². The summed E-state index contributed by atoms with van der Waals surface area (Å²) in [4.78, 5) is 0. The quantitative estimate of drug-likeness (QED) is 0.796. The van der Waals surface area contributed by atoms with E-state index in [9.17, 15) is 0 Å². The maximum atomic E-state index is 5.88. The smallest absolute Gasteiger partial charge is 0.148 e. The minimum atomic E-state index is 0.319. The van der Waals surface area contributed by atoms with E-state index in [4.69, 9.17) is 11.6 Å².